The Morgan fingerprint density at radius 1 is 1.06 bits per heavy atom. The molecule has 7 nitrogen and oxygen atoms in total. The maximum absolute atomic E-state index is 13.4. The van der Waals surface area contributed by atoms with Crippen molar-refractivity contribution >= 4 is 11.8 Å². The lowest BCUT2D eigenvalue weighted by molar-refractivity contribution is -0.125. The normalized spacial score (nSPS) is 22.1. The summed E-state index contributed by atoms with van der Waals surface area (Å²) in [6.07, 6.45) is 4.65. The Morgan fingerprint density at radius 3 is 2.51 bits per heavy atom. The van der Waals surface area contributed by atoms with Gasteiger partial charge in [0.25, 0.3) is 5.91 Å². The third kappa shape index (κ3) is 5.30. The minimum atomic E-state index is -0.668. The van der Waals surface area contributed by atoms with Gasteiger partial charge in [0.1, 0.15) is 17.5 Å². The van der Waals surface area contributed by atoms with E-state index in [9.17, 15) is 9.59 Å². The second-order valence-corrected chi connectivity index (χ2v) is 9.61. The molecule has 0 saturated carbocycles. The summed E-state index contributed by atoms with van der Waals surface area (Å²) in [4.78, 5) is 30.9. The quantitative estimate of drug-likeness (QED) is 0.547. The Bertz CT molecular complexity index is 1050. The van der Waals surface area contributed by atoms with Crippen LogP contribution in [0.2, 0.25) is 0 Å². The number of nitrogens with zero attached hydrogens (tertiary/aromatic N) is 2. The molecule has 0 radical (unpaired) electrons. The van der Waals surface area contributed by atoms with Gasteiger partial charge in [0.05, 0.1) is 20.8 Å². The monoisotopic (exact) mass is 479 g/mol. The molecule has 2 amide bonds. The average Bonchev–Trinajstić information content (AvgIpc) is 3.14. The predicted octanol–water partition coefficient (Wildman–Crippen LogP) is 4.17. The van der Waals surface area contributed by atoms with Gasteiger partial charge in [0.15, 0.2) is 0 Å². The molecule has 0 bridgehead atoms. The largest absolute Gasteiger partial charge is 0.497 e. The number of piperidine rings is 1. The van der Waals surface area contributed by atoms with Crippen LogP contribution in [0, 0.1) is 0 Å². The lowest BCUT2D eigenvalue weighted by Gasteiger charge is -2.39. The van der Waals surface area contributed by atoms with Crippen LogP contribution in [0.3, 0.4) is 0 Å². The summed E-state index contributed by atoms with van der Waals surface area (Å²) in [5.41, 5.74) is 2.15. The number of fused-ring (bicyclic) bond motifs is 1. The molecule has 0 unspecified atom stereocenters. The van der Waals surface area contributed by atoms with Gasteiger partial charge >= 0.3 is 0 Å². The Balaban J connectivity index is 1.47. The molecule has 1 N–H and O–H groups in total. The third-order valence-corrected chi connectivity index (χ3v) is 7.41. The zero-order valence-corrected chi connectivity index (χ0v) is 21.3. The first-order valence-corrected chi connectivity index (χ1v) is 12.6. The SMILES string of the molecule is COc1ccc(CN2C(=O)c3ccccc3[C@@H]2C(=O)NCCCN2[C@@H](C)CCC[C@@H]2C)c(OC)c1. The van der Waals surface area contributed by atoms with Crippen LogP contribution in [0.15, 0.2) is 42.5 Å². The Kier molecular flexibility index (Phi) is 7.96. The number of carbonyl (C=O) groups excluding carboxylic acids is 2. The molecule has 2 aromatic carbocycles. The molecular weight excluding hydrogens is 442 g/mol. The van der Waals surface area contributed by atoms with E-state index in [1.54, 1.807) is 31.3 Å². The van der Waals surface area contributed by atoms with Gasteiger partial charge in [-0.15, -0.1) is 0 Å². The minimum Gasteiger partial charge on any atom is -0.497 e. The van der Waals surface area contributed by atoms with Crippen LogP contribution in [0.4, 0.5) is 0 Å². The Morgan fingerprint density at radius 2 is 1.80 bits per heavy atom. The summed E-state index contributed by atoms with van der Waals surface area (Å²) in [5.74, 6) is 1.01. The molecular formula is C28H37N3O4. The van der Waals surface area contributed by atoms with Crippen molar-refractivity contribution < 1.29 is 19.1 Å². The van der Waals surface area contributed by atoms with Gasteiger partial charge in [-0.3, -0.25) is 14.5 Å². The van der Waals surface area contributed by atoms with Crippen molar-refractivity contribution in [1.29, 1.82) is 0 Å². The summed E-state index contributed by atoms with van der Waals surface area (Å²) in [7, 11) is 3.19. The van der Waals surface area contributed by atoms with E-state index in [1.807, 2.05) is 30.3 Å². The molecule has 35 heavy (non-hydrogen) atoms. The number of ether oxygens (including phenoxy) is 2. The molecule has 1 fully saturated rings. The van der Waals surface area contributed by atoms with E-state index in [4.69, 9.17) is 9.47 Å². The summed E-state index contributed by atoms with van der Waals surface area (Å²) < 4.78 is 10.8. The van der Waals surface area contributed by atoms with Crippen LogP contribution in [0.5, 0.6) is 11.5 Å². The molecule has 188 valence electrons. The summed E-state index contributed by atoms with van der Waals surface area (Å²) in [6, 6.07) is 13.4. The highest BCUT2D eigenvalue weighted by Crippen LogP contribution is 2.37. The molecule has 7 heteroatoms. The molecule has 0 aliphatic carbocycles. The zero-order valence-electron chi connectivity index (χ0n) is 21.3. The number of benzene rings is 2. The first kappa shape index (κ1) is 25.0. The number of hydrogen-bond acceptors (Lipinski definition) is 5. The fourth-order valence-electron chi connectivity index (χ4n) is 5.47. The highest BCUT2D eigenvalue weighted by atomic mass is 16.5. The molecule has 2 aromatic rings. The van der Waals surface area contributed by atoms with Crippen molar-refractivity contribution in [3.8, 4) is 11.5 Å². The molecule has 2 heterocycles. The van der Waals surface area contributed by atoms with Gasteiger partial charge in [0, 0.05) is 42.4 Å². The minimum absolute atomic E-state index is 0.143. The fourth-order valence-corrected chi connectivity index (χ4v) is 5.47. The lowest BCUT2D eigenvalue weighted by Crippen LogP contribution is -2.45. The van der Waals surface area contributed by atoms with Crippen molar-refractivity contribution in [2.45, 2.75) is 64.2 Å². The number of likely N-dealkylation sites (tertiary alicyclic amines) is 1. The molecule has 2 aliphatic heterocycles. The summed E-state index contributed by atoms with van der Waals surface area (Å²) in [5, 5.41) is 3.11. The summed E-state index contributed by atoms with van der Waals surface area (Å²) >= 11 is 0. The number of amides is 2. The number of rotatable bonds is 9. The summed E-state index contributed by atoms with van der Waals surface area (Å²) in [6.45, 7) is 6.40. The van der Waals surface area contributed by atoms with E-state index in [-0.39, 0.29) is 18.4 Å². The molecule has 4 rings (SSSR count). The maximum Gasteiger partial charge on any atom is 0.255 e. The zero-order chi connectivity index (χ0) is 24.9. The Hall–Kier alpha value is -3.06. The van der Waals surface area contributed by atoms with Crippen molar-refractivity contribution in [3.05, 3.63) is 59.2 Å². The van der Waals surface area contributed by atoms with Crippen molar-refractivity contribution in [2.24, 2.45) is 0 Å². The van der Waals surface area contributed by atoms with Crippen LogP contribution in [0.25, 0.3) is 0 Å². The smallest absolute Gasteiger partial charge is 0.255 e. The van der Waals surface area contributed by atoms with Gasteiger partial charge in [-0.1, -0.05) is 24.6 Å². The first-order chi connectivity index (χ1) is 16.9. The number of methoxy groups -OCH3 is 2. The molecule has 1 saturated heterocycles. The molecule has 0 aromatic heterocycles. The number of nitrogens with one attached hydrogen (secondary N) is 1. The van der Waals surface area contributed by atoms with Crippen molar-refractivity contribution in [2.75, 3.05) is 27.3 Å². The van der Waals surface area contributed by atoms with Crippen molar-refractivity contribution in [3.63, 3.8) is 0 Å². The topological polar surface area (TPSA) is 71.1 Å². The van der Waals surface area contributed by atoms with E-state index < -0.39 is 6.04 Å². The second kappa shape index (κ2) is 11.1. The highest BCUT2D eigenvalue weighted by molar-refractivity contribution is 6.04. The number of carbonyl (C=O) groups is 2. The van der Waals surface area contributed by atoms with Crippen LogP contribution in [-0.4, -0.2) is 61.0 Å². The average molecular weight is 480 g/mol. The van der Waals surface area contributed by atoms with E-state index in [1.165, 1.54) is 19.3 Å². The molecule has 2 aliphatic rings. The standard InChI is InChI=1S/C28H37N3O4/c1-19-9-7-10-20(2)30(19)16-8-15-29-27(32)26-23-11-5-6-12-24(23)28(33)31(26)18-21-13-14-22(34-3)17-25(21)35-4/h5-6,11-14,17,19-20,26H,7-10,15-16,18H2,1-4H3,(H,29,32)/t19-,20-,26+/m0/s1. The third-order valence-electron chi connectivity index (χ3n) is 7.41. The van der Waals surface area contributed by atoms with Gasteiger partial charge < -0.3 is 19.7 Å². The van der Waals surface area contributed by atoms with Gasteiger partial charge in [-0.2, -0.15) is 0 Å². The molecule has 0 spiro atoms. The van der Waals surface area contributed by atoms with Crippen LogP contribution in [-0.2, 0) is 11.3 Å². The molecule has 3 atom stereocenters. The van der Waals surface area contributed by atoms with E-state index in [0.717, 1.165) is 24.1 Å². The van der Waals surface area contributed by atoms with E-state index >= 15 is 0 Å². The predicted molar refractivity (Wildman–Crippen MR) is 136 cm³/mol. The highest BCUT2D eigenvalue weighted by Gasteiger charge is 2.41. The van der Waals surface area contributed by atoms with Gasteiger partial charge in [0.2, 0.25) is 5.91 Å². The lowest BCUT2D eigenvalue weighted by atomic mass is 9.97. The van der Waals surface area contributed by atoms with E-state index in [0.29, 0.717) is 35.7 Å². The van der Waals surface area contributed by atoms with Crippen LogP contribution in [0.1, 0.15) is 67.1 Å². The number of hydrogen-bond donors (Lipinski definition) is 1. The van der Waals surface area contributed by atoms with Crippen LogP contribution >= 0.6 is 0 Å². The first-order valence-electron chi connectivity index (χ1n) is 12.6. The maximum atomic E-state index is 13.4. The van der Waals surface area contributed by atoms with Crippen molar-refractivity contribution in [1.82, 2.24) is 15.1 Å². The second-order valence-electron chi connectivity index (χ2n) is 9.61. The van der Waals surface area contributed by atoms with Gasteiger partial charge in [-0.25, -0.2) is 0 Å². The van der Waals surface area contributed by atoms with Gasteiger partial charge in [-0.05, 0) is 56.9 Å². The van der Waals surface area contributed by atoms with Crippen LogP contribution < -0.4 is 14.8 Å². The Labute approximate surface area is 208 Å². The van der Waals surface area contributed by atoms with E-state index in [2.05, 4.69) is 24.1 Å². The fraction of sp³-hybridized carbons (Fsp3) is 0.500.